The molecule has 1 aromatic heterocycles. The van der Waals surface area contributed by atoms with Crippen LogP contribution < -0.4 is 4.74 Å². The van der Waals surface area contributed by atoms with Crippen LogP contribution in [0.25, 0.3) is 11.3 Å². The molecule has 0 aliphatic heterocycles. The minimum atomic E-state index is 0.575. The second-order valence-corrected chi connectivity index (χ2v) is 6.14. The summed E-state index contributed by atoms with van der Waals surface area (Å²) in [5.74, 6) is 1.46. The fraction of sp³-hybridized carbons (Fsp3) is 0.300. The highest BCUT2D eigenvalue weighted by atomic mass is 16.5. The number of aromatic nitrogens is 3. The largest absolute Gasteiger partial charge is 0.489 e. The second kappa shape index (κ2) is 7.77. The predicted octanol–water partition coefficient (Wildman–Crippen LogP) is 4.57. The molecule has 4 heteroatoms. The number of nitrogens with zero attached hydrogens (tertiary/aromatic N) is 3. The maximum atomic E-state index is 5.81. The van der Waals surface area contributed by atoms with Crippen molar-refractivity contribution in [3.8, 4) is 17.0 Å². The minimum Gasteiger partial charge on any atom is -0.489 e. The van der Waals surface area contributed by atoms with E-state index in [2.05, 4.69) is 36.3 Å². The summed E-state index contributed by atoms with van der Waals surface area (Å²) in [4.78, 5) is 0. The van der Waals surface area contributed by atoms with Crippen molar-refractivity contribution in [3.05, 3.63) is 66.4 Å². The first kappa shape index (κ1) is 16.2. The number of benzene rings is 2. The zero-order chi connectivity index (χ0) is 16.8. The first-order valence-corrected chi connectivity index (χ1v) is 8.42. The third-order valence-electron chi connectivity index (χ3n) is 4.13. The van der Waals surface area contributed by atoms with Crippen molar-refractivity contribution in [1.29, 1.82) is 0 Å². The van der Waals surface area contributed by atoms with E-state index in [4.69, 9.17) is 4.74 Å². The first-order valence-electron chi connectivity index (χ1n) is 8.42. The van der Waals surface area contributed by atoms with Gasteiger partial charge in [-0.15, -0.1) is 5.10 Å². The van der Waals surface area contributed by atoms with Crippen molar-refractivity contribution >= 4 is 0 Å². The molecule has 0 bridgehead atoms. The van der Waals surface area contributed by atoms with Crippen molar-refractivity contribution in [2.24, 2.45) is 5.92 Å². The van der Waals surface area contributed by atoms with Crippen LogP contribution in [-0.4, -0.2) is 15.0 Å². The quantitative estimate of drug-likeness (QED) is 0.640. The van der Waals surface area contributed by atoms with Gasteiger partial charge in [0.15, 0.2) is 0 Å². The Kier molecular flexibility index (Phi) is 5.26. The zero-order valence-electron chi connectivity index (χ0n) is 14.2. The van der Waals surface area contributed by atoms with E-state index < -0.39 is 0 Å². The summed E-state index contributed by atoms with van der Waals surface area (Å²) in [6.45, 7) is 5.89. The van der Waals surface area contributed by atoms with Crippen molar-refractivity contribution < 1.29 is 4.74 Å². The van der Waals surface area contributed by atoms with Gasteiger partial charge in [-0.3, -0.25) is 4.68 Å². The van der Waals surface area contributed by atoms with Crippen LogP contribution in [0.15, 0.2) is 60.8 Å². The lowest BCUT2D eigenvalue weighted by molar-refractivity contribution is 0.306. The van der Waals surface area contributed by atoms with Crippen LogP contribution in [0.3, 0.4) is 0 Å². The van der Waals surface area contributed by atoms with E-state index in [0.29, 0.717) is 12.5 Å². The molecule has 1 heterocycles. The van der Waals surface area contributed by atoms with Crippen molar-refractivity contribution in [3.63, 3.8) is 0 Å². The van der Waals surface area contributed by atoms with E-state index in [1.807, 2.05) is 53.3 Å². The Morgan fingerprint density at radius 2 is 1.79 bits per heavy atom. The van der Waals surface area contributed by atoms with Crippen molar-refractivity contribution in [2.75, 3.05) is 0 Å². The van der Waals surface area contributed by atoms with Crippen molar-refractivity contribution in [1.82, 2.24) is 15.0 Å². The smallest absolute Gasteiger partial charge is 0.119 e. The molecule has 0 amide bonds. The summed E-state index contributed by atoms with van der Waals surface area (Å²) in [7, 11) is 0. The molecule has 0 aliphatic carbocycles. The van der Waals surface area contributed by atoms with E-state index in [-0.39, 0.29) is 0 Å². The maximum Gasteiger partial charge on any atom is 0.119 e. The van der Waals surface area contributed by atoms with E-state index in [9.17, 15) is 0 Å². The Morgan fingerprint density at radius 1 is 1.04 bits per heavy atom. The van der Waals surface area contributed by atoms with Gasteiger partial charge in [0.05, 0.1) is 6.20 Å². The molecule has 0 fully saturated rings. The van der Waals surface area contributed by atoms with Crippen LogP contribution in [0.4, 0.5) is 0 Å². The summed E-state index contributed by atoms with van der Waals surface area (Å²) in [5, 5.41) is 8.48. The van der Waals surface area contributed by atoms with Gasteiger partial charge in [0, 0.05) is 12.1 Å². The predicted molar refractivity (Wildman–Crippen MR) is 95.7 cm³/mol. The van der Waals surface area contributed by atoms with Gasteiger partial charge in [-0.05, 0) is 35.7 Å². The highest BCUT2D eigenvalue weighted by Crippen LogP contribution is 2.21. The normalized spacial score (nSPS) is 12.1. The number of hydrogen-bond acceptors (Lipinski definition) is 3. The topological polar surface area (TPSA) is 39.9 Å². The Hall–Kier alpha value is -2.62. The van der Waals surface area contributed by atoms with Crippen LogP contribution in [0.5, 0.6) is 5.75 Å². The lowest BCUT2D eigenvalue weighted by Gasteiger charge is -2.07. The monoisotopic (exact) mass is 321 g/mol. The molecule has 1 atom stereocenters. The highest BCUT2D eigenvalue weighted by molar-refractivity contribution is 5.58. The molecule has 3 rings (SSSR count). The van der Waals surface area contributed by atoms with Gasteiger partial charge in [-0.25, -0.2) is 0 Å². The van der Waals surface area contributed by atoms with Gasteiger partial charge in [-0.2, -0.15) is 0 Å². The van der Waals surface area contributed by atoms with Crippen LogP contribution in [0.1, 0.15) is 25.8 Å². The average Bonchev–Trinajstić information content (AvgIpc) is 3.09. The highest BCUT2D eigenvalue weighted by Gasteiger charge is 2.07. The zero-order valence-corrected chi connectivity index (χ0v) is 14.2. The van der Waals surface area contributed by atoms with Crippen LogP contribution in [0.2, 0.25) is 0 Å². The SMILES string of the molecule is CC[C@H](C)Cn1cc(-c2ccc(OCc3ccccc3)cc2)nn1. The Morgan fingerprint density at radius 3 is 2.50 bits per heavy atom. The molecule has 4 nitrogen and oxygen atoms in total. The fourth-order valence-electron chi connectivity index (χ4n) is 2.43. The molecule has 0 aliphatic rings. The summed E-state index contributed by atoms with van der Waals surface area (Å²) in [6.07, 6.45) is 3.15. The minimum absolute atomic E-state index is 0.575. The third-order valence-corrected chi connectivity index (χ3v) is 4.13. The molecule has 0 spiro atoms. The van der Waals surface area contributed by atoms with Gasteiger partial charge >= 0.3 is 0 Å². The van der Waals surface area contributed by atoms with Gasteiger partial charge in [0.1, 0.15) is 18.1 Å². The third kappa shape index (κ3) is 4.22. The molecule has 2 aromatic carbocycles. The van der Waals surface area contributed by atoms with Crippen LogP contribution in [-0.2, 0) is 13.2 Å². The molecule has 124 valence electrons. The van der Waals surface area contributed by atoms with E-state index in [1.165, 1.54) is 0 Å². The standard InChI is InChI=1S/C20H23N3O/c1-3-16(2)13-23-14-20(21-22-23)18-9-11-19(12-10-18)24-15-17-7-5-4-6-8-17/h4-12,14,16H,3,13,15H2,1-2H3/t16-/m0/s1. The second-order valence-electron chi connectivity index (χ2n) is 6.14. The van der Waals surface area contributed by atoms with E-state index in [1.54, 1.807) is 0 Å². The van der Waals surface area contributed by atoms with Crippen LogP contribution >= 0.6 is 0 Å². The lowest BCUT2D eigenvalue weighted by atomic mass is 10.1. The molecule has 0 saturated carbocycles. The maximum absolute atomic E-state index is 5.81. The molecule has 3 aromatic rings. The average molecular weight is 321 g/mol. The molecule has 0 radical (unpaired) electrons. The molecule has 0 saturated heterocycles. The number of rotatable bonds is 7. The summed E-state index contributed by atoms with van der Waals surface area (Å²) < 4.78 is 7.73. The van der Waals surface area contributed by atoms with Crippen molar-refractivity contribution in [2.45, 2.75) is 33.4 Å². The lowest BCUT2D eigenvalue weighted by Crippen LogP contribution is -2.06. The first-order chi connectivity index (χ1) is 11.7. The van der Waals surface area contributed by atoms with Gasteiger partial charge < -0.3 is 4.74 Å². The summed E-state index contributed by atoms with van der Waals surface area (Å²) in [5.41, 5.74) is 3.11. The molecular weight excluding hydrogens is 298 g/mol. The van der Waals surface area contributed by atoms with Gasteiger partial charge in [0.25, 0.3) is 0 Å². The molecular formula is C20H23N3O. The summed E-state index contributed by atoms with van der Waals surface area (Å²) in [6, 6.07) is 18.2. The number of ether oxygens (including phenoxy) is 1. The number of hydrogen-bond donors (Lipinski definition) is 0. The molecule has 0 N–H and O–H groups in total. The Labute approximate surface area is 143 Å². The van der Waals surface area contributed by atoms with E-state index in [0.717, 1.165) is 35.5 Å². The Bertz CT molecular complexity index is 750. The summed E-state index contributed by atoms with van der Waals surface area (Å²) >= 11 is 0. The van der Waals surface area contributed by atoms with Gasteiger partial charge in [-0.1, -0.05) is 55.8 Å². The van der Waals surface area contributed by atoms with Crippen LogP contribution in [0, 0.1) is 5.92 Å². The van der Waals surface area contributed by atoms with Gasteiger partial charge in [0.2, 0.25) is 0 Å². The Balaban J connectivity index is 1.62. The molecule has 24 heavy (non-hydrogen) atoms. The molecule has 0 unspecified atom stereocenters. The van der Waals surface area contributed by atoms with E-state index >= 15 is 0 Å². The fourth-order valence-corrected chi connectivity index (χ4v) is 2.43.